The number of aliphatic hydroxyl groups is 1. The zero-order valence-corrected chi connectivity index (χ0v) is 14.7. The van der Waals surface area contributed by atoms with Gasteiger partial charge in [0.25, 0.3) is 0 Å². The highest BCUT2D eigenvalue weighted by Gasteiger charge is 2.57. The van der Waals surface area contributed by atoms with Gasteiger partial charge in [-0.15, -0.1) is 0 Å². The fourth-order valence-electron chi connectivity index (χ4n) is 5.77. The van der Waals surface area contributed by atoms with Gasteiger partial charge in [0.15, 0.2) is 0 Å². The smallest absolute Gasteiger partial charge is 0.224 e. The molecule has 0 unspecified atom stereocenters. The standard InChI is InChI=1S/C20H28N2O3/c21-5-6-25-17-3-1-14(2-4-17)8-18(23)22-19-9-15-7-16(10-19)12-20(24,11-15)13-19/h1-4,15-16,24H,5-13,21H2,(H,22,23)/t15-,16-,19?,20?/m1/s1. The number of benzene rings is 1. The van der Waals surface area contributed by atoms with Crippen molar-refractivity contribution >= 4 is 5.91 Å². The van der Waals surface area contributed by atoms with Gasteiger partial charge in [0, 0.05) is 12.1 Å². The van der Waals surface area contributed by atoms with Crippen LogP contribution in [0.4, 0.5) is 0 Å². The molecule has 0 aliphatic heterocycles. The van der Waals surface area contributed by atoms with E-state index in [2.05, 4.69) is 5.32 Å². The molecule has 0 heterocycles. The molecule has 25 heavy (non-hydrogen) atoms. The van der Waals surface area contributed by atoms with Crippen LogP contribution in [0.5, 0.6) is 5.75 Å². The van der Waals surface area contributed by atoms with Gasteiger partial charge in [0.1, 0.15) is 12.4 Å². The Bertz CT molecular complexity index is 629. The summed E-state index contributed by atoms with van der Waals surface area (Å²) < 4.78 is 5.46. The van der Waals surface area contributed by atoms with Gasteiger partial charge in [-0.05, 0) is 68.1 Å². The normalized spacial score (nSPS) is 35.6. The van der Waals surface area contributed by atoms with Gasteiger partial charge in [-0.3, -0.25) is 4.79 Å². The summed E-state index contributed by atoms with van der Waals surface area (Å²) in [5.41, 5.74) is 5.68. The fraction of sp³-hybridized carbons (Fsp3) is 0.650. The molecule has 1 amide bonds. The summed E-state index contributed by atoms with van der Waals surface area (Å²) in [5.74, 6) is 1.98. The molecule has 4 aliphatic carbocycles. The minimum Gasteiger partial charge on any atom is -0.492 e. The molecule has 4 aliphatic rings. The van der Waals surface area contributed by atoms with E-state index in [-0.39, 0.29) is 11.4 Å². The number of amides is 1. The maximum atomic E-state index is 12.6. The summed E-state index contributed by atoms with van der Waals surface area (Å²) in [6, 6.07) is 7.62. The largest absolute Gasteiger partial charge is 0.492 e. The van der Waals surface area contributed by atoms with E-state index in [0.29, 0.717) is 31.4 Å². The third kappa shape index (κ3) is 3.53. The molecule has 4 fully saturated rings. The summed E-state index contributed by atoms with van der Waals surface area (Å²) in [7, 11) is 0. The molecule has 4 N–H and O–H groups in total. The number of nitrogens with two attached hydrogens (primary N) is 1. The second kappa shape index (κ2) is 6.29. The van der Waals surface area contributed by atoms with Crippen LogP contribution in [0.2, 0.25) is 0 Å². The SMILES string of the molecule is NCCOc1ccc(CC(=O)NC23C[C@H]4C[C@@H](CC(O)(C4)C2)C3)cc1. The van der Waals surface area contributed by atoms with Crippen LogP contribution in [-0.2, 0) is 11.2 Å². The molecule has 4 saturated carbocycles. The molecule has 4 bridgehead atoms. The first-order valence-electron chi connectivity index (χ1n) is 9.43. The molecule has 5 nitrogen and oxygen atoms in total. The van der Waals surface area contributed by atoms with E-state index in [9.17, 15) is 9.90 Å². The number of rotatable bonds is 6. The van der Waals surface area contributed by atoms with Crippen molar-refractivity contribution in [1.29, 1.82) is 0 Å². The van der Waals surface area contributed by atoms with Crippen molar-refractivity contribution in [2.45, 2.75) is 56.1 Å². The third-order valence-electron chi connectivity index (χ3n) is 6.11. The molecule has 136 valence electrons. The highest BCUT2D eigenvalue weighted by molar-refractivity contribution is 5.79. The van der Waals surface area contributed by atoms with Crippen LogP contribution >= 0.6 is 0 Å². The lowest BCUT2D eigenvalue weighted by molar-refractivity contribution is -0.150. The molecule has 0 aromatic heterocycles. The van der Waals surface area contributed by atoms with Gasteiger partial charge in [-0.1, -0.05) is 12.1 Å². The van der Waals surface area contributed by atoms with Gasteiger partial charge in [0.2, 0.25) is 5.91 Å². The average molecular weight is 344 g/mol. The Kier molecular flexibility index (Phi) is 4.24. The lowest BCUT2D eigenvalue weighted by Crippen LogP contribution is -2.65. The summed E-state index contributed by atoms with van der Waals surface area (Å²) in [6.45, 7) is 0.980. The molecular weight excluding hydrogens is 316 g/mol. The van der Waals surface area contributed by atoms with E-state index < -0.39 is 5.60 Å². The quantitative estimate of drug-likeness (QED) is 0.734. The molecule has 0 saturated heterocycles. The van der Waals surface area contributed by atoms with Crippen LogP contribution in [-0.4, -0.2) is 35.3 Å². The number of hydrogen-bond acceptors (Lipinski definition) is 4. The molecule has 0 spiro atoms. The predicted molar refractivity (Wildman–Crippen MR) is 95.2 cm³/mol. The van der Waals surface area contributed by atoms with Gasteiger partial charge in [-0.25, -0.2) is 0 Å². The zero-order chi connectivity index (χ0) is 17.5. The van der Waals surface area contributed by atoms with Crippen molar-refractivity contribution in [3.05, 3.63) is 29.8 Å². The summed E-state index contributed by atoms with van der Waals surface area (Å²) in [4.78, 5) is 12.6. The highest BCUT2D eigenvalue weighted by Crippen LogP contribution is 2.57. The van der Waals surface area contributed by atoms with Crippen LogP contribution in [0, 0.1) is 11.8 Å². The number of ether oxygens (including phenoxy) is 1. The summed E-state index contributed by atoms with van der Waals surface area (Å²) >= 11 is 0. The fourth-order valence-corrected chi connectivity index (χ4v) is 5.77. The van der Waals surface area contributed by atoms with Gasteiger partial charge in [-0.2, -0.15) is 0 Å². The van der Waals surface area contributed by atoms with E-state index in [0.717, 1.165) is 43.4 Å². The minimum absolute atomic E-state index is 0.0566. The highest BCUT2D eigenvalue weighted by atomic mass is 16.5. The summed E-state index contributed by atoms with van der Waals surface area (Å²) in [6.07, 6.45) is 6.23. The Balaban J connectivity index is 1.37. The molecule has 5 rings (SSSR count). The van der Waals surface area contributed by atoms with E-state index in [1.54, 1.807) is 0 Å². The van der Waals surface area contributed by atoms with E-state index in [1.807, 2.05) is 24.3 Å². The lowest BCUT2D eigenvalue weighted by Gasteiger charge is -2.60. The molecule has 1 aromatic rings. The second-order valence-corrected chi connectivity index (χ2v) is 8.47. The second-order valence-electron chi connectivity index (χ2n) is 8.47. The average Bonchev–Trinajstić information content (AvgIpc) is 2.51. The minimum atomic E-state index is -0.542. The van der Waals surface area contributed by atoms with Crippen LogP contribution in [0.3, 0.4) is 0 Å². The van der Waals surface area contributed by atoms with Crippen molar-refractivity contribution in [2.75, 3.05) is 13.2 Å². The van der Waals surface area contributed by atoms with Crippen molar-refractivity contribution in [1.82, 2.24) is 5.32 Å². The van der Waals surface area contributed by atoms with Crippen LogP contribution in [0.25, 0.3) is 0 Å². The Morgan fingerprint density at radius 2 is 1.88 bits per heavy atom. The number of nitrogens with one attached hydrogen (secondary N) is 1. The number of hydrogen-bond donors (Lipinski definition) is 3. The first-order valence-corrected chi connectivity index (χ1v) is 9.43. The zero-order valence-electron chi connectivity index (χ0n) is 14.7. The summed E-state index contributed by atoms with van der Waals surface area (Å²) in [5, 5.41) is 14.1. The first-order chi connectivity index (χ1) is 12.0. The van der Waals surface area contributed by atoms with Crippen LogP contribution in [0.1, 0.15) is 44.1 Å². The van der Waals surface area contributed by atoms with Crippen molar-refractivity contribution in [2.24, 2.45) is 17.6 Å². The maximum Gasteiger partial charge on any atom is 0.224 e. The third-order valence-corrected chi connectivity index (χ3v) is 6.11. The molecule has 0 radical (unpaired) electrons. The van der Waals surface area contributed by atoms with Gasteiger partial charge in [0.05, 0.1) is 12.0 Å². The monoisotopic (exact) mass is 344 g/mol. The molecule has 1 aromatic carbocycles. The Morgan fingerprint density at radius 3 is 2.48 bits per heavy atom. The topological polar surface area (TPSA) is 84.6 Å². The van der Waals surface area contributed by atoms with E-state index in [4.69, 9.17) is 10.5 Å². The van der Waals surface area contributed by atoms with Gasteiger partial charge < -0.3 is 20.9 Å². The molecule has 2 atom stereocenters. The van der Waals surface area contributed by atoms with Crippen molar-refractivity contribution in [3.63, 3.8) is 0 Å². The van der Waals surface area contributed by atoms with Gasteiger partial charge >= 0.3 is 0 Å². The molecular formula is C20H28N2O3. The Labute approximate surface area is 148 Å². The van der Waals surface area contributed by atoms with Crippen molar-refractivity contribution < 1.29 is 14.6 Å². The molecule has 5 heteroatoms. The predicted octanol–water partition coefficient (Wildman–Crippen LogP) is 1.77. The van der Waals surface area contributed by atoms with Crippen LogP contribution in [0.15, 0.2) is 24.3 Å². The lowest BCUT2D eigenvalue weighted by atomic mass is 9.51. The van der Waals surface area contributed by atoms with E-state index in [1.165, 1.54) is 6.42 Å². The number of carbonyl (C=O) groups is 1. The number of carbonyl (C=O) groups excluding carboxylic acids is 1. The van der Waals surface area contributed by atoms with Crippen molar-refractivity contribution in [3.8, 4) is 5.75 Å². The maximum absolute atomic E-state index is 12.6. The Hall–Kier alpha value is -1.59. The Morgan fingerprint density at radius 1 is 1.20 bits per heavy atom. The first kappa shape index (κ1) is 16.9. The van der Waals surface area contributed by atoms with E-state index >= 15 is 0 Å². The van der Waals surface area contributed by atoms with Crippen LogP contribution < -0.4 is 15.8 Å².